The number of hydrogen-bond acceptors (Lipinski definition) is 0. The number of benzene rings is 15. The molecule has 15 aromatic carbocycles. The van der Waals surface area contributed by atoms with Gasteiger partial charge in [0.2, 0.25) is 0 Å². The average Bonchev–Trinajstić information content (AvgIpc) is 0.714. The summed E-state index contributed by atoms with van der Waals surface area (Å²) in [4.78, 5) is 0. The lowest BCUT2D eigenvalue weighted by molar-refractivity contribution is 0.590. The highest BCUT2D eigenvalue weighted by Crippen LogP contribution is 2.51. The molecule has 0 aliphatic rings. The van der Waals surface area contributed by atoms with E-state index < -0.39 is 0 Å². The average molecular weight is 1870 g/mol. The summed E-state index contributed by atoms with van der Waals surface area (Å²) < 4.78 is 6.28. The summed E-state index contributed by atoms with van der Waals surface area (Å²) in [5, 5.41) is 14.8. The van der Waals surface area contributed by atoms with Crippen LogP contribution in [0.4, 0.5) is 0 Å². The zero-order valence-electron chi connectivity index (χ0n) is 69.9. The van der Waals surface area contributed by atoms with Gasteiger partial charge in [-0.1, -0.05) is 321 Å². The standard InChI is InChI=1S/C78H84.C18H6Br6.C11H16/c1-73(2,3)55-31-19-49(20-32-55)61-43-67-68(44-62(61)50-21-33-56(34-22-50)74(4,5)6)70-46-64(52-25-37-58(38-26-52)76(10,11)12)66(54-29-41-60(42-30-54)78(16,17)18)48-72(70)71-47-65(53-27-39-59(40-28-53)77(13,14)15)63(45-69(67)71)51-23-35-57(36-24-51)75(7,8)9;19-13-1-7-8(2-14(13)20)10-4-17(23)18(24)6-12(10)11-5-16(22)15(21)3-9(7)11;1-9-5-7-10(8-6-9)11(2,3)4/h19-48H,1-18H3;1-6H;5-8H,1-4H3. The molecule has 0 aliphatic carbocycles. The van der Waals surface area contributed by atoms with E-state index in [0.717, 1.165) is 26.8 Å². The normalized spacial score (nSPS) is 12.6. The van der Waals surface area contributed by atoms with E-state index >= 15 is 0 Å². The van der Waals surface area contributed by atoms with Gasteiger partial charge in [-0.2, -0.15) is 0 Å². The molecule has 0 unspecified atom stereocenters. The fraction of sp³-hybridized carbons (Fsp3) is 0.271. The molecule has 0 N–H and O–H groups in total. The van der Waals surface area contributed by atoms with Crippen LogP contribution in [-0.2, 0) is 37.9 Å². The van der Waals surface area contributed by atoms with Crippen molar-refractivity contribution in [3.05, 3.63) is 314 Å². The van der Waals surface area contributed by atoms with Crippen LogP contribution >= 0.6 is 95.6 Å². The summed E-state index contributed by atoms with van der Waals surface area (Å²) in [5.41, 5.74) is 25.9. The molecule has 0 fully saturated rings. The molecule has 0 spiro atoms. The zero-order chi connectivity index (χ0) is 81.7. The third-order valence-electron chi connectivity index (χ3n) is 22.7. The van der Waals surface area contributed by atoms with Crippen LogP contribution in [0.25, 0.3) is 131 Å². The van der Waals surface area contributed by atoms with E-state index in [0.29, 0.717) is 0 Å². The van der Waals surface area contributed by atoms with Crippen LogP contribution < -0.4 is 0 Å². The Bertz CT molecular complexity index is 5150. The van der Waals surface area contributed by atoms with Crippen molar-refractivity contribution in [2.75, 3.05) is 0 Å². The fourth-order valence-electron chi connectivity index (χ4n) is 15.5. The lowest BCUT2D eigenvalue weighted by Crippen LogP contribution is -2.10. The third-order valence-corrected chi connectivity index (χ3v) is 28.2. The molecule has 0 atom stereocenters. The first kappa shape index (κ1) is 83.7. The van der Waals surface area contributed by atoms with Gasteiger partial charge in [0.15, 0.2) is 0 Å². The molecule has 0 saturated heterocycles. The molecular formula is C107H106Br6. The van der Waals surface area contributed by atoms with Gasteiger partial charge in [0.25, 0.3) is 0 Å². The van der Waals surface area contributed by atoms with Crippen molar-refractivity contribution in [1.29, 1.82) is 0 Å². The van der Waals surface area contributed by atoms with Crippen LogP contribution in [0.1, 0.15) is 190 Å². The lowest BCUT2D eigenvalue weighted by atomic mass is 9.80. The summed E-state index contributed by atoms with van der Waals surface area (Å²) >= 11 is 21.8. The van der Waals surface area contributed by atoms with Gasteiger partial charge >= 0.3 is 0 Å². The van der Waals surface area contributed by atoms with Crippen molar-refractivity contribution in [2.45, 2.75) is 190 Å². The molecule has 0 aromatic heterocycles. The highest BCUT2D eigenvalue weighted by molar-refractivity contribution is 9.13. The summed E-state index contributed by atoms with van der Waals surface area (Å²) in [6, 6.07) is 93.4. The summed E-state index contributed by atoms with van der Waals surface area (Å²) in [6.45, 7) is 50.3. The summed E-state index contributed by atoms with van der Waals surface area (Å²) in [6.07, 6.45) is 0. The van der Waals surface area contributed by atoms with E-state index in [2.05, 4.69) is 491 Å². The predicted octanol–water partition coefficient (Wildman–Crippen LogP) is 35.9. The number of halogens is 6. The first-order chi connectivity index (χ1) is 52.8. The minimum atomic E-state index is 0.0349. The maximum atomic E-state index is 3.64. The first-order valence-corrected chi connectivity index (χ1v) is 44.3. The van der Waals surface area contributed by atoms with Crippen LogP contribution in [0.15, 0.2) is 269 Å². The number of hydrogen-bond donors (Lipinski definition) is 0. The minimum Gasteiger partial charge on any atom is -0.0590 e. The molecular weight excluding hydrogens is 1760 g/mol. The van der Waals surface area contributed by atoms with Crippen molar-refractivity contribution in [1.82, 2.24) is 0 Å². The van der Waals surface area contributed by atoms with Crippen molar-refractivity contribution in [3.63, 3.8) is 0 Å². The summed E-state index contributed by atoms with van der Waals surface area (Å²) in [7, 11) is 0. The first-order valence-electron chi connectivity index (χ1n) is 39.6. The van der Waals surface area contributed by atoms with Crippen molar-refractivity contribution in [2.24, 2.45) is 0 Å². The zero-order valence-corrected chi connectivity index (χ0v) is 79.4. The van der Waals surface area contributed by atoms with Crippen LogP contribution in [0.5, 0.6) is 0 Å². The van der Waals surface area contributed by atoms with Crippen molar-refractivity contribution in [3.8, 4) is 66.8 Å². The second-order valence-electron chi connectivity index (χ2n) is 38.3. The van der Waals surface area contributed by atoms with E-state index in [9.17, 15) is 0 Å². The Morgan fingerprint density at radius 2 is 0.257 bits per heavy atom. The Balaban J connectivity index is 0.000000259. The van der Waals surface area contributed by atoms with Gasteiger partial charge < -0.3 is 0 Å². The van der Waals surface area contributed by atoms with Crippen molar-refractivity contribution >= 4 is 160 Å². The van der Waals surface area contributed by atoms with Crippen LogP contribution in [0.2, 0.25) is 0 Å². The monoisotopic (exact) mass is 1860 g/mol. The highest BCUT2D eigenvalue weighted by atomic mass is 79.9. The molecule has 0 saturated carbocycles. The molecule has 113 heavy (non-hydrogen) atoms. The number of aryl methyl sites for hydroxylation is 1. The highest BCUT2D eigenvalue weighted by Gasteiger charge is 2.26. The number of rotatable bonds is 6. The molecule has 0 bridgehead atoms. The molecule has 0 nitrogen and oxygen atoms in total. The van der Waals surface area contributed by atoms with Crippen LogP contribution in [-0.4, -0.2) is 0 Å². The van der Waals surface area contributed by atoms with Gasteiger partial charge in [-0.05, 0) is 384 Å². The molecule has 15 aromatic rings. The van der Waals surface area contributed by atoms with Gasteiger partial charge in [0.1, 0.15) is 0 Å². The van der Waals surface area contributed by atoms with E-state index in [1.54, 1.807) is 0 Å². The lowest BCUT2D eigenvalue weighted by Gasteiger charge is -2.23. The van der Waals surface area contributed by atoms with Gasteiger partial charge in [0.05, 0.1) is 0 Å². The Kier molecular flexibility index (Phi) is 23.4. The largest absolute Gasteiger partial charge is 0.0590 e. The van der Waals surface area contributed by atoms with Gasteiger partial charge in [0, 0.05) is 26.8 Å². The second-order valence-corrected chi connectivity index (χ2v) is 43.5. The topological polar surface area (TPSA) is 0 Å². The van der Waals surface area contributed by atoms with E-state index in [-0.39, 0.29) is 37.9 Å². The Morgan fingerprint density at radius 1 is 0.150 bits per heavy atom. The molecule has 15 rings (SSSR count). The Hall–Kier alpha value is -7.26. The second kappa shape index (κ2) is 31.6. The Labute approximate surface area is 724 Å². The SMILES string of the molecule is Brc1cc2c3cc(Br)c(Br)cc3c3cc(Br)c(Br)cc3c2cc1Br.CC(C)(C)c1ccc(-c2cc3c4cc(-c5ccc(C(C)(C)C)cc5)c(-c5ccc(C(C)(C)C)cc5)cc4c4cc(-c5ccc(C(C)(C)C)cc5)c(-c5ccc(C(C)(C)C)cc5)cc4c3cc2-c2ccc(C(C)(C)C)cc2)cc1.Cc1ccc(C(C)(C)C)cc1. The molecule has 0 aliphatic heterocycles. The van der Waals surface area contributed by atoms with Crippen LogP contribution in [0, 0.1) is 6.92 Å². The van der Waals surface area contributed by atoms with E-state index in [1.807, 2.05) is 0 Å². The maximum Gasteiger partial charge on any atom is 0.0324 e. The molecule has 0 heterocycles. The molecule has 6 heteroatoms. The fourth-order valence-corrected chi connectivity index (χ4v) is 17.6. The maximum absolute atomic E-state index is 3.64. The molecule has 576 valence electrons. The van der Waals surface area contributed by atoms with Gasteiger partial charge in [-0.15, -0.1) is 0 Å². The number of fused-ring (bicyclic) bond motifs is 12. The van der Waals surface area contributed by atoms with Crippen molar-refractivity contribution < 1.29 is 0 Å². The molecule has 0 radical (unpaired) electrons. The van der Waals surface area contributed by atoms with E-state index in [4.69, 9.17) is 0 Å². The quantitative estimate of drug-likeness (QED) is 0.146. The minimum absolute atomic E-state index is 0.0349. The Morgan fingerprint density at radius 3 is 0.372 bits per heavy atom. The molecule has 0 amide bonds. The van der Waals surface area contributed by atoms with Gasteiger partial charge in [-0.25, -0.2) is 0 Å². The van der Waals surface area contributed by atoms with E-state index in [1.165, 1.54) is 176 Å². The van der Waals surface area contributed by atoms with Crippen LogP contribution in [0.3, 0.4) is 0 Å². The third kappa shape index (κ3) is 17.9. The van der Waals surface area contributed by atoms with Gasteiger partial charge in [-0.3, -0.25) is 0 Å². The summed E-state index contributed by atoms with van der Waals surface area (Å²) in [5.74, 6) is 0. The smallest absolute Gasteiger partial charge is 0.0324 e. The predicted molar refractivity (Wildman–Crippen MR) is 519 cm³/mol.